The molecular weight excluding hydrogens is 222 g/mol. The fraction of sp³-hybridized carbons (Fsp3) is 0.188. The molecule has 2 rings (SSSR count). The van der Waals surface area contributed by atoms with Crippen LogP contribution in [0.4, 0.5) is 0 Å². The molecule has 0 amide bonds. The molecule has 0 unspecified atom stereocenters. The topological polar surface area (TPSA) is 22.0 Å². The lowest BCUT2D eigenvalue weighted by Crippen LogP contribution is -2.16. The number of hydrogen-bond donors (Lipinski definition) is 0. The summed E-state index contributed by atoms with van der Waals surface area (Å²) in [5.74, 6) is 0. The quantitative estimate of drug-likeness (QED) is 0.751. The number of nitrogens with zero attached hydrogens (tertiary/aromatic N) is 1. The van der Waals surface area contributed by atoms with E-state index >= 15 is 0 Å². The van der Waals surface area contributed by atoms with Crippen LogP contribution < -0.4 is 5.43 Å². The second kappa shape index (κ2) is 5.05. The lowest BCUT2D eigenvalue weighted by molar-refractivity contribution is 0.774. The average Bonchev–Trinajstić information content (AvgIpc) is 2.41. The molecule has 0 atom stereocenters. The number of allylic oxidation sites excluding steroid dienone is 2. The molecule has 0 saturated carbocycles. The molecule has 0 radical (unpaired) electrons. The lowest BCUT2D eigenvalue weighted by atomic mass is 10.1. The average molecular weight is 239 g/mol. The molecule has 0 spiro atoms. The van der Waals surface area contributed by atoms with Gasteiger partial charge in [0.05, 0.1) is 5.52 Å². The summed E-state index contributed by atoms with van der Waals surface area (Å²) in [6.45, 7) is 8.47. The number of aromatic nitrogens is 1. The maximum atomic E-state index is 12.3. The van der Waals surface area contributed by atoms with Gasteiger partial charge in [-0.2, -0.15) is 0 Å². The normalized spacial score (nSPS) is 11.2. The Hall–Kier alpha value is -2.09. The zero-order chi connectivity index (χ0) is 13.1. The highest BCUT2D eigenvalue weighted by Gasteiger charge is 2.10. The van der Waals surface area contributed by atoms with Crippen molar-refractivity contribution in [2.75, 3.05) is 0 Å². The summed E-state index contributed by atoms with van der Waals surface area (Å²) in [6.07, 6.45) is 5.53. The van der Waals surface area contributed by atoms with E-state index in [1.54, 1.807) is 6.08 Å². The highest BCUT2D eigenvalue weighted by atomic mass is 16.1. The van der Waals surface area contributed by atoms with Crippen molar-refractivity contribution >= 4 is 17.0 Å². The molecule has 2 heteroatoms. The molecule has 92 valence electrons. The van der Waals surface area contributed by atoms with Gasteiger partial charge in [-0.25, -0.2) is 0 Å². The molecule has 0 aliphatic heterocycles. The molecule has 0 N–H and O–H groups in total. The minimum absolute atomic E-state index is 0.110. The van der Waals surface area contributed by atoms with Gasteiger partial charge in [-0.15, -0.1) is 0 Å². The zero-order valence-electron chi connectivity index (χ0n) is 10.8. The van der Waals surface area contributed by atoms with Gasteiger partial charge in [0.25, 0.3) is 0 Å². The Labute approximate surface area is 107 Å². The van der Waals surface area contributed by atoms with Crippen molar-refractivity contribution in [3.05, 3.63) is 64.5 Å². The highest BCUT2D eigenvalue weighted by Crippen LogP contribution is 2.17. The van der Waals surface area contributed by atoms with Gasteiger partial charge in [-0.05, 0) is 32.1 Å². The van der Waals surface area contributed by atoms with E-state index in [1.807, 2.05) is 43.3 Å². The third-order valence-corrected chi connectivity index (χ3v) is 3.16. The van der Waals surface area contributed by atoms with E-state index in [2.05, 4.69) is 18.1 Å². The van der Waals surface area contributed by atoms with Crippen molar-refractivity contribution in [1.29, 1.82) is 0 Å². The molecule has 2 aromatic rings. The molecule has 18 heavy (non-hydrogen) atoms. The maximum absolute atomic E-state index is 12.3. The Morgan fingerprint density at radius 1 is 1.33 bits per heavy atom. The number of aryl methyl sites for hydroxylation is 1. The first kappa shape index (κ1) is 12.4. The number of para-hydroxylation sites is 1. The first-order chi connectivity index (χ1) is 8.70. The number of rotatable bonds is 3. The molecule has 0 aliphatic carbocycles. The number of hydrogen-bond acceptors (Lipinski definition) is 1. The van der Waals surface area contributed by atoms with Crippen LogP contribution >= 0.6 is 0 Å². The van der Waals surface area contributed by atoms with E-state index in [0.717, 1.165) is 28.7 Å². The van der Waals surface area contributed by atoms with Gasteiger partial charge in [-0.3, -0.25) is 4.79 Å². The van der Waals surface area contributed by atoms with E-state index in [1.165, 1.54) is 0 Å². The first-order valence-corrected chi connectivity index (χ1v) is 6.12. The van der Waals surface area contributed by atoms with Gasteiger partial charge in [0.1, 0.15) is 0 Å². The number of benzene rings is 1. The fourth-order valence-electron chi connectivity index (χ4n) is 2.27. The van der Waals surface area contributed by atoms with Crippen molar-refractivity contribution in [3.63, 3.8) is 0 Å². The van der Waals surface area contributed by atoms with Crippen LogP contribution in [0.15, 0.2) is 47.8 Å². The molecule has 0 bridgehead atoms. The van der Waals surface area contributed by atoms with Crippen LogP contribution in [0, 0.1) is 6.92 Å². The van der Waals surface area contributed by atoms with Gasteiger partial charge in [0, 0.05) is 23.2 Å². The molecule has 0 aliphatic rings. The van der Waals surface area contributed by atoms with Crippen LogP contribution in [0.5, 0.6) is 0 Å². The number of fused-ring (bicyclic) bond motifs is 1. The van der Waals surface area contributed by atoms with Gasteiger partial charge >= 0.3 is 0 Å². The Balaban J connectivity index is 2.93. The molecule has 2 nitrogen and oxygen atoms in total. The molecule has 0 saturated heterocycles. The Kier molecular flexibility index (Phi) is 3.47. The van der Waals surface area contributed by atoms with E-state index in [0.29, 0.717) is 0 Å². The van der Waals surface area contributed by atoms with Crippen LogP contribution in [0.25, 0.3) is 17.0 Å². The second-order valence-corrected chi connectivity index (χ2v) is 4.20. The molecule has 1 aromatic heterocycles. The third kappa shape index (κ3) is 1.90. The first-order valence-electron chi connectivity index (χ1n) is 6.12. The SMILES string of the molecule is C=C/C=C\c1c(C)c(=O)c2ccccc2n1CC. The van der Waals surface area contributed by atoms with E-state index < -0.39 is 0 Å². The lowest BCUT2D eigenvalue weighted by Gasteiger charge is -2.15. The second-order valence-electron chi connectivity index (χ2n) is 4.20. The van der Waals surface area contributed by atoms with Gasteiger partial charge in [0.15, 0.2) is 5.43 Å². The van der Waals surface area contributed by atoms with Crippen molar-refractivity contribution in [1.82, 2.24) is 4.57 Å². The largest absolute Gasteiger partial charge is 0.341 e. The maximum Gasteiger partial charge on any atom is 0.192 e. The summed E-state index contributed by atoms with van der Waals surface area (Å²) >= 11 is 0. The predicted octanol–water partition coefficient (Wildman–Crippen LogP) is 3.53. The van der Waals surface area contributed by atoms with Crippen LogP contribution in [0.3, 0.4) is 0 Å². The monoisotopic (exact) mass is 239 g/mol. The van der Waals surface area contributed by atoms with Crippen LogP contribution in [-0.4, -0.2) is 4.57 Å². The Morgan fingerprint density at radius 2 is 2.06 bits per heavy atom. The Morgan fingerprint density at radius 3 is 2.72 bits per heavy atom. The molecule has 1 heterocycles. The van der Waals surface area contributed by atoms with Gasteiger partial charge in [-0.1, -0.05) is 30.9 Å². The smallest absolute Gasteiger partial charge is 0.192 e. The van der Waals surface area contributed by atoms with E-state index in [-0.39, 0.29) is 5.43 Å². The summed E-state index contributed by atoms with van der Waals surface area (Å²) in [5.41, 5.74) is 2.84. The highest BCUT2D eigenvalue weighted by molar-refractivity contribution is 5.81. The van der Waals surface area contributed by atoms with Gasteiger partial charge < -0.3 is 4.57 Å². The molecule has 1 aromatic carbocycles. The summed E-state index contributed by atoms with van der Waals surface area (Å²) in [4.78, 5) is 12.3. The van der Waals surface area contributed by atoms with Crippen molar-refractivity contribution in [3.8, 4) is 0 Å². The summed E-state index contributed by atoms with van der Waals surface area (Å²) < 4.78 is 2.16. The minimum Gasteiger partial charge on any atom is -0.341 e. The molecule has 0 fully saturated rings. The summed E-state index contributed by atoms with van der Waals surface area (Å²) in [6, 6.07) is 7.75. The molecular formula is C16H17NO. The van der Waals surface area contributed by atoms with Crippen LogP contribution in [0.1, 0.15) is 18.2 Å². The summed E-state index contributed by atoms with van der Waals surface area (Å²) in [7, 11) is 0. The Bertz CT molecular complexity index is 677. The van der Waals surface area contributed by atoms with Crippen molar-refractivity contribution < 1.29 is 0 Å². The van der Waals surface area contributed by atoms with Gasteiger partial charge in [0.2, 0.25) is 0 Å². The standard InChI is InChI=1S/C16H17NO/c1-4-6-10-14-12(3)16(18)13-9-7-8-11-15(13)17(14)5-2/h4,6-11H,1,5H2,2-3H3/b10-6-. The summed E-state index contributed by atoms with van der Waals surface area (Å²) in [5, 5.41) is 0.785. The van der Waals surface area contributed by atoms with Crippen LogP contribution in [0.2, 0.25) is 0 Å². The van der Waals surface area contributed by atoms with E-state index in [9.17, 15) is 4.79 Å². The van der Waals surface area contributed by atoms with E-state index in [4.69, 9.17) is 0 Å². The fourth-order valence-corrected chi connectivity index (χ4v) is 2.27. The zero-order valence-corrected chi connectivity index (χ0v) is 10.8. The van der Waals surface area contributed by atoms with Crippen molar-refractivity contribution in [2.24, 2.45) is 0 Å². The number of pyridine rings is 1. The minimum atomic E-state index is 0.110. The predicted molar refractivity (Wildman–Crippen MR) is 77.9 cm³/mol. The third-order valence-electron chi connectivity index (χ3n) is 3.16. The van der Waals surface area contributed by atoms with Crippen molar-refractivity contribution in [2.45, 2.75) is 20.4 Å². The van der Waals surface area contributed by atoms with Crippen LogP contribution in [-0.2, 0) is 6.54 Å².